The molecule has 0 fully saturated rings. The van der Waals surface area contributed by atoms with Gasteiger partial charge in [0.1, 0.15) is 0 Å². The van der Waals surface area contributed by atoms with Crippen molar-refractivity contribution in [3.05, 3.63) is 89.5 Å². The molecule has 9 nitrogen and oxygen atoms in total. The number of hydrogen-bond acceptors (Lipinski definition) is 7. The summed E-state index contributed by atoms with van der Waals surface area (Å²) in [6.07, 6.45) is -0.652. The van der Waals surface area contributed by atoms with E-state index in [9.17, 15) is 14.4 Å². The molecule has 3 aromatic carbocycles. The smallest absolute Gasteiger partial charge is 0.411 e. The molecular weight excluding hydrogens is 486 g/mol. The molecule has 0 radical (unpaired) electrons. The summed E-state index contributed by atoms with van der Waals surface area (Å²) < 4.78 is 15.3. The zero-order valence-corrected chi connectivity index (χ0v) is 21.8. The Labute approximate surface area is 222 Å². The molecule has 0 aliphatic carbocycles. The molecule has 0 bridgehead atoms. The van der Waals surface area contributed by atoms with E-state index in [1.165, 1.54) is 0 Å². The molecule has 0 heterocycles. The number of carbonyl (C=O) groups is 3. The molecule has 0 saturated carbocycles. The fourth-order valence-electron chi connectivity index (χ4n) is 3.75. The maximum Gasteiger partial charge on any atom is 0.411 e. The molecule has 1 atom stereocenters. The van der Waals surface area contributed by atoms with E-state index >= 15 is 0 Å². The first-order valence-electron chi connectivity index (χ1n) is 12.5. The van der Waals surface area contributed by atoms with E-state index < -0.39 is 24.2 Å². The summed E-state index contributed by atoms with van der Waals surface area (Å²) in [5.74, 6) is -0.414. The predicted octanol–water partition coefficient (Wildman–Crippen LogP) is 6.13. The van der Waals surface area contributed by atoms with Crippen LogP contribution in [0.5, 0.6) is 0 Å². The SMILES string of the molecule is CCOC(=O)Nc1ccc(Cc2cc(C(Nc3ccccc3)C(=O)OCC)ccc2NC(=O)OCC)cc1. The van der Waals surface area contributed by atoms with Gasteiger partial charge in [-0.25, -0.2) is 14.4 Å². The molecule has 3 N–H and O–H groups in total. The molecule has 0 aliphatic rings. The van der Waals surface area contributed by atoms with Gasteiger partial charge in [0.2, 0.25) is 0 Å². The molecule has 0 saturated heterocycles. The number of rotatable bonds is 11. The number of anilines is 3. The van der Waals surface area contributed by atoms with Gasteiger partial charge in [-0.2, -0.15) is 0 Å². The van der Waals surface area contributed by atoms with Crippen molar-refractivity contribution in [1.29, 1.82) is 0 Å². The number of amides is 2. The summed E-state index contributed by atoms with van der Waals surface area (Å²) in [6.45, 7) is 5.99. The average Bonchev–Trinajstić information content (AvgIpc) is 2.90. The van der Waals surface area contributed by atoms with Crippen LogP contribution in [0.15, 0.2) is 72.8 Å². The Hall–Kier alpha value is -4.53. The van der Waals surface area contributed by atoms with Crippen LogP contribution in [0.2, 0.25) is 0 Å². The summed E-state index contributed by atoms with van der Waals surface area (Å²) in [5.41, 5.74) is 4.30. The third kappa shape index (κ3) is 8.26. The van der Waals surface area contributed by atoms with Crippen molar-refractivity contribution < 1.29 is 28.6 Å². The minimum Gasteiger partial charge on any atom is -0.464 e. The number of benzene rings is 3. The minimum absolute atomic E-state index is 0.236. The highest BCUT2D eigenvalue weighted by molar-refractivity contribution is 5.87. The molecular formula is C29H33N3O6. The van der Waals surface area contributed by atoms with Gasteiger partial charge < -0.3 is 19.5 Å². The van der Waals surface area contributed by atoms with Crippen molar-refractivity contribution in [2.75, 3.05) is 35.8 Å². The Bertz CT molecular complexity index is 1210. The fraction of sp³-hybridized carbons (Fsp3) is 0.276. The standard InChI is InChI=1S/C29H33N3O6/c1-4-36-27(33)26(30-23-10-8-7-9-11-23)21-14-17-25(32-29(35)38-6-3)22(19-21)18-20-12-15-24(16-13-20)31-28(34)37-5-2/h7-17,19,26,30H,4-6,18H2,1-3H3,(H,31,34)(H,32,35). The van der Waals surface area contributed by atoms with Gasteiger partial charge in [0.05, 0.1) is 19.8 Å². The Kier molecular flexibility index (Phi) is 10.5. The van der Waals surface area contributed by atoms with Gasteiger partial charge in [-0.15, -0.1) is 0 Å². The van der Waals surface area contributed by atoms with E-state index in [0.29, 0.717) is 23.4 Å². The lowest BCUT2D eigenvalue weighted by Crippen LogP contribution is -2.24. The van der Waals surface area contributed by atoms with Crippen LogP contribution >= 0.6 is 0 Å². The van der Waals surface area contributed by atoms with Crippen molar-refractivity contribution in [3.63, 3.8) is 0 Å². The van der Waals surface area contributed by atoms with E-state index in [4.69, 9.17) is 14.2 Å². The number of esters is 1. The zero-order chi connectivity index (χ0) is 27.3. The monoisotopic (exact) mass is 519 g/mol. The van der Waals surface area contributed by atoms with Crippen LogP contribution in [-0.2, 0) is 25.4 Å². The van der Waals surface area contributed by atoms with Crippen LogP contribution in [0.1, 0.15) is 43.5 Å². The van der Waals surface area contributed by atoms with E-state index in [2.05, 4.69) is 16.0 Å². The van der Waals surface area contributed by atoms with E-state index in [-0.39, 0.29) is 19.8 Å². The molecule has 9 heteroatoms. The van der Waals surface area contributed by atoms with Gasteiger partial charge in [0.15, 0.2) is 6.04 Å². The summed E-state index contributed by atoms with van der Waals surface area (Å²) in [5, 5.41) is 8.69. The zero-order valence-electron chi connectivity index (χ0n) is 21.8. The van der Waals surface area contributed by atoms with Crippen molar-refractivity contribution in [1.82, 2.24) is 0 Å². The van der Waals surface area contributed by atoms with Gasteiger partial charge in [-0.1, -0.05) is 42.5 Å². The quantitative estimate of drug-likeness (QED) is 0.206. The molecule has 1 unspecified atom stereocenters. The Morgan fingerprint density at radius 3 is 1.97 bits per heavy atom. The number of hydrogen-bond donors (Lipinski definition) is 3. The maximum absolute atomic E-state index is 12.9. The lowest BCUT2D eigenvalue weighted by molar-refractivity contribution is -0.144. The Balaban J connectivity index is 1.92. The first-order valence-corrected chi connectivity index (χ1v) is 12.5. The second-order valence-corrected chi connectivity index (χ2v) is 8.18. The second kappa shape index (κ2) is 14.3. The molecule has 0 spiro atoms. The van der Waals surface area contributed by atoms with Gasteiger partial charge in [-0.05, 0) is 74.2 Å². The van der Waals surface area contributed by atoms with Gasteiger partial charge >= 0.3 is 18.2 Å². The van der Waals surface area contributed by atoms with Crippen LogP contribution < -0.4 is 16.0 Å². The largest absolute Gasteiger partial charge is 0.464 e. The third-order valence-electron chi connectivity index (χ3n) is 5.45. The van der Waals surface area contributed by atoms with Crippen molar-refractivity contribution in [2.24, 2.45) is 0 Å². The Morgan fingerprint density at radius 2 is 1.34 bits per heavy atom. The van der Waals surface area contributed by atoms with Gasteiger partial charge in [0, 0.05) is 17.1 Å². The second-order valence-electron chi connectivity index (χ2n) is 8.18. The molecule has 3 rings (SSSR count). The lowest BCUT2D eigenvalue weighted by Gasteiger charge is -2.21. The van der Waals surface area contributed by atoms with Crippen molar-refractivity contribution in [3.8, 4) is 0 Å². The van der Waals surface area contributed by atoms with Crippen LogP contribution in [0, 0.1) is 0 Å². The molecule has 38 heavy (non-hydrogen) atoms. The van der Waals surface area contributed by atoms with Crippen LogP contribution in [0.3, 0.4) is 0 Å². The third-order valence-corrected chi connectivity index (χ3v) is 5.45. The summed E-state index contributed by atoms with van der Waals surface area (Å²) in [4.78, 5) is 36.8. The summed E-state index contributed by atoms with van der Waals surface area (Å²) >= 11 is 0. The van der Waals surface area contributed by atoms with Crippen molar-refractivity contribution in [2.45, 2.75) is 33.2 Å². The fourth-order valence-corrected chi connectivity index (χ4v) is 3.75. The summed E-state index contributed by atoms with van der Waals surface area (Å²) in [7, 11) is 0. The van der Waals surface area contributed by atoms with E-state index in [0.717, 1.165) is 16.8 Å². The Morgan fingerprint density at radius 1 is 0.711 bits per heavy atom. The molecule has 2 amide bonds. The van der Waals surface area contributed by atoms with Crippen LogP contribution in [0.25, 0.3) is 0 Å². The van der Waals surface area contributed by atoms with E-state index in [1.54, 1.807) is 45.0 Å². The van der Waals surface area contributed by atoms with Crippen LogP contribution in [0.4, 0.5) is 26.7 Å². The number of nitrogens with one attached hydrogen (secondary N) is 3. The minimum atomic E-state index is -0.760. The van der Waals surface area contributed by atoms with Crippen LogP contribution in [-0.4, -0.2) is 38.0 Å². The summed E-state index contributed by atoms with van der Waals surface area (Å²) in [6, 6.07) is 21.3. The van der Waals surface area contributed by atoms with E-state index in [1.807, 2.05) is 48.5 Å². The lowest BCUT2D eigenvalue weighted by atomic mass is 9.97. The molecule has 200 valence electrons. The molecule has 0 aromatic heterocycles. The topological polar surface area (TPSA) is 115 Å². The first kappa shape index (κ1) is 28.0. The number of ether oxygens (including phenoxy) is 3. The number of para-hydroxylation sites is 1. The molecule has 0 aliphatic heterocycles. The van der Waals surface area contributed by atoms with Gasteiger partial charge in [-0.3, -0.25) is 10.6 Å². The number of carbonyl (C=O) groups excluding carboxylic acids is 3. The first-order chi connectivity index (χ1) is 18.4. The van der Waals surface area contributed by atoms with Crippen molar-refractivity contribution >= 4 is 35.2 Å². The normalized spacial score (nSPS) is 11.1. The average molecular weight is 520 g/mol. The predicted molar refractivity (Wildman–Crippen MR) is 146 cm³/mol. The van der Waals surface area contributed by atoms with Gasteiger partial charge in [0.25, 0.3) is 0 Å². The highest BCUT2D eigenvalue weighted by Gasteiger charge is 2.23. The molecule has 3 aromatic rings. The highest BCUT2D eigenvalue weighted by atomic mass is 16.6. The highest BCUT2D eigenvalue weighted by Crippen LogP contribution is 2.28. The maximum atomic E-state index is 12.9.